The molecule has 1 N–H and O–H groups in total. The van der Waals surface area contributed by atoms with Crippen molar-refractivity contribution in [3.8, 4) is 5.75 Å². The quantitative estimate of drug-likeness (QED) is 0.493. The smallest absolute Gasteiger partial charge is 0.338 e. The van der Waals surface area contributed by atoms with Crippen molar-refractivity contribution in [3.63, 3.8) is 0 Å². The highest BCUT2D eigenvalue weighted by Gasteiger charge is 2.35. The van der Waals surface area contributed by atoms with Crippen molar-refractivity contribution in [2.24, 2.45) is 4.99 Å². The van der Waals surface area contributed by atoms with Gasteiger partial charge in [-0.2, -0.15) is 0 Å². The lowest BCUT2D eigenvalue weighted by Gasteiger charge is -2.26. The molecule has 0 saturated heterocycles. The molecule has 9 heteroatoms. The maximum Gasteiger partial charge on any atom is 0.338 e. The van der Waals surface area contributed by atoms with E-state index in [1.807, 2.05) is 32.0 Å². The van der Waals surface area contributed by atoms with E-state index >= 15 is 0 Å². The van der Waals surface area contributed by atoms with Crippen molar-refractivity contribution < 1.29 is 24.2 Å². The molecule has 1 aliphatic heterocycles. The molecule has 186 valence electrons. The predicted octanol–water partition coefficient (Wildman–Crippen LogP) is 3.28. The van der Waals surface area contributed by atoms with E-state index in [4.69, 9.17) is 9.47 Å². The Hall–Kier alpha value is -3.98. The van der Waals surface area contributed by atoms with Crippen LogP contribution in [0.5, 0.6) is 5.75 Å². The Bertz CT molecular complexity index is 1550. The predicted molar refractivity (Wildman–Crippen MR) is 136 cm³/mol. The van der Waals surface area contributed by atoms with Gasteiger partial charge in [0.25, 0.3) is 5.56 Å². The van der Waals surface area contributed by atoms with Crippen LogP contribution in [-0.4, -0.2) is 34.3 Å². The fourth-order valence-electron chi connectivity index (χ4n) is 4.11. The van der Waals surface area contributed by atoms with Gasteiger partial charge in [-0.1, -0.05) is 47.7 Å². The van der Waals surface area contributed by atoms with E-state index in [1.54, 1.807) is 44.2 Å². The van der Waals surface area contributed by atoms with Crippen molar-refractivity contribution >= 4 is 29.4 Å². The van der Waals surface area contributed by atoms with Crippen molar-refractivity contribution in [1.29, 1.82) is 0 Å². The molecule has 1 aromatic heterocycles. The number of thiazole rings is 1. The van der Waals surface area contributed by atoms with Crippen molar-refractivity contribution in [2.75, 3.05) is 6.61 Å². The van der Waals surface area contributed by atoms with Crippen LogP contribution >= 0.6 is 11.3 Å². The number of benzene rings is 2. The molecular weight excluding hydrogens is 480 g/mol. The van der Waals surface area contributed by atoms with Crippen LogP contribution in [0.3, 0.4) is 0 Å². The summed E-state index contributed by atoms with van der Waals surface area (Å²) < 4.78 is 13.1. The number of carbonyl (C=O) groups is 2. The zero-order chi connectivity index (χ0) is 26.0. The number of nitrogens with zero attached hydrogens (tertiary/aromatic N) is 2. The van der Waals surface area contributed by atoms with E-state index in [1.165, 1.54) is 10.6 Å². The zero-order valence-corrected chi connectivity index (χ0v) is 21.2. The van der Waals surface area contributed by atoms with E-state index < -0.39 is 23.5 Å². The number of carbonyl (C=O) groups excluding carboxylic acids is 1. The molecule has 0 saturated carbocycles. The van der Waals surface area contributed by atoms with Gasteiger partial charge in [0, 0.05) is 5.56 Å². The molecule has 3 aromatic rings. The first kappa shape index (κ1) is 25.1. The number of carboxylic acids is 1. The molecule has 0 bridgehead atoms. The Morgan fingerprint density at radius 2 is 1.86 bits per heavy atom. The minimum absolute atomic E-state index is 0.0824. The SMILES string of the molecule is CCOC(=O)C1=C(C)N=c2s/c(=C\c3ccccc3C(=O)O)c(=O)n2[C@@H]1c1ccccc1OC(C)C. The van der Waals surface area contributed by atoms with Gasteiger partial charge in [0.2, 0.25) is 0 Å². The molecule has 8 nitrogen and oxygen atoms in total. The first-order chi connectivity index (χ1) is 17.2. The summed E-state index contributed by atoms with van der Waals surface area (Å²) in [4.78, 5) is 43.5. The number of hydrogen-bond donors (Lipinski definition) is 1. The molecule has 1 aliphatic rings. The van der Waals surface area contributed by atoms with Crippen LogP contribution in [0.4, 0.5) is 0 Å². The molecule has 2 heterocycles. The average molecular weight is 507 g/mol. The highest BCUT2D eigenvalue weighted by atomic mass is 32.1. The number of carboxylic acid groups (broad SMARTS) is 1. The lowest BCUT2D eigenvalue weighted by atomic mass is 9.95. The van der Waals surface area contributed by atoms with Crippen LogP contribution in [0.2, 0.25) is 0 Å². The van der Waals surface area contributed by atoms with Gasteiger partial charge in [0.15, 0.2) is 4.80 Å². The van der Waals surface area contributed by atoms with E-state index in [-0.39, 0.29) is 23.8 Å². The Balaban J connectivity index is 2.00. The van der Waals surface area contributed by atoms with Crippen LogP contribution in [-0.2, 0) is 9.53 Å². The third-order valence-electron chi connectivity index (χ3n) is 5.57. The van der Waals surface area contributed by atoms with Crippen LogP contribution < -0.4 is 19.6 Å². The second-order valence-corrected chi connectivity index (χ2v) is 9.41. The number of para-hydroxylation sites is 1. The maximum absolute atomic E-state index is 13.8. The summed E-state index contributed by atoms with van der Waals surface area (Å²) >= 11 is 1.13. The molecule has 0 spiro atoms. The third kappa shape index (κ3) is 4.74. The molecule has 0 unspecified atom stereocenters. The van der Waals surface area contributed by atoms with Gasteiger partial charge < -0.3 is 14.6 Å². The molecule has 36 heavy (non-hydrogen) atoms. The number of rotatable bonds is 7. The van der Waals surface area contributed by atoms with Gasteiger partial charge in [-0.15, -0.1) is 0 Å². The zero-order valence-electron chi connectivity index (χ0n) is 20.3. The number of esters is 1. The number of aromatic carboxylic acids is 1. The van der Waals surface area contributed by atoms with E-state index in [0.717, 1.165) is 11.3 Å². The van der Waals surface area contributed by atoms with Gasteiger partial charge in [0.05, 0.1) is 34.1 Å². The summed E-state index contributed by atoms with van der Waals surface area (Å²) in [5.74, 6) is -1.11. The molecule has 2 aromatic carbocycles. The lowest BCUT2D eigenvalue weighted by molar-refractivity contribution is -0.139. The lowest BCUT2D eigenvalue weighted by Crippen LogP contribution is -2.40. The number of aromatic nitrogens is 1. The van der Waals surface area contributed by atoms with Crippen molar-refractivity contribution in [3.05, 3.63) is 96.2 Å². The number of ether oxygens (including phenoxy) is 2. The van der Waals surface area contributed by atoms with Gasteiger partial charge in [-0.05, 0) is 51.5 Å². The summed E-state index contributed by atoms with van der Waals surface area (Å²) in [5, 5.41) is 9.56. The van der Waals surface area contributed by atoms with Crippen LogP contribution in [0.15, 0.2) is 69.6 Å². The fourth-order valence-corrected chi connectivity index (χ4v) is 5.15. The molecule has 0 fully saturated rings. The normalized spacial score (nSPS) is 15.5. The summed E-state index contributed by atoms with van der Waals surface area (Å²) in [6, 6.07) is 12.9. The highest BCUT2D eigenvalue weighted by molar-refractivity contribution is 7.07. The number of hydrogen-bond acceptors (Lipinski definition) is 7. The van der Waals surface area contributed by atoms with E-state index in [2.05, 4.69) is 4.99 Å². The number of allylic oxidation sites excluding steroid dienone is 1. The first-order valence-corrected chi connectivity index (χ1v) is 12.3. The molecular formula is C27H26N2O6S. The molecule has 1 atom stereocenters. The summed E-state index contributed by atoms with van der Waals surface area (Å²) in [7, 11) is 0. The average Bonchev–Trinajstić information content (AvgIpc) is 3.13. The Morgan fingerprint density at radius 3 is 2.56 bits per heavy atom. The first-order valence-electron chi connectivity index (χ1n) is 11.5. The second-order valence-electron chi connectivity index (χ2n) is 8.40. The van der Waals surface area contributed by atoms with Gasteiger partial charge in [-0.25, -0.2) is 14.6 Å². The summed E-state index contributed by atoms with van der Waals surface area (Å²) in [5.41, 5.74) is 1.41. The Morgan fingerprint density at radius 1 is 1.17 bits per heavy atom. The van der Waals surface area contributed by atoms with Crippen LogP contribution in [0.25, 0.3) is 6.08 Å². The van der Waals surface area contributed by atoms with Crippen LogP contribution in [0, 0.1) is 0 Å². The molecule has 0 amide bonds. The standard InChI is InChI=1S/C27H26N2O6S/c1-5-34-26(33)22-16(4)28-27-29(23(22)19-12-8-9-13-20(19)35-15(2)3)24(30)21(36-27)14-17-10-6-7-11-18(17)25(31)32/h6-15,23H,5H2,1-4H3,(H,31,32)/b21-14-/t23-/m1/s1. The van der Waals surface area contributed by atoms with Crippen molar-refractivity contribution in [1.82, 2.24) is 4.57 Å². The Kier molecular flexibility index (Phi) is 7.21. The third-order valence-corrected chi connectivity index (χ3v) is 6.55. The maximum atomic E-state index is 13.8. The molecule has 0 aliphatic carbocycles. The largest absolute Gasteiger partial charge is 0.491 e. The van der Waals surface area contributed by atoms with Gasteiger partial charge >= 0.3 is 11.9 Å². The molecule has 4 rings (SSSR count). The van der Waals surface area contributed by atoms with Crippen LogP contribution in [0.1, 0.15) is 55.2 Å². The van der Waals surface area contributed by atoms with Crippen molar-refractivity contribution in [2.45, 2.75) is 39.8 Å². The minimum atomic E-state index is -1.09. The fraction of sp³-hybridized carbons (Fsp3) is 0.259. The summed E-state index contributed by atoms with van der Waals surface area (Å²) in [6.07, 6.45) is 1.41. The van der Waals surface area contributed by atoms with E-state index in [9.17, 15) is 19.5 Å². The molecule has 0 radical (unpaired) electrons. The summed E-state index contributed by atoms with van der Waals surface area (Å²) in [6.45, 7) is 7.39. The van der Waals surface area contributed by atoms with E-state index in [0.29, 0.717) is 31.9 Å². The topological polar surface area (TPSA) is 107 Å². The minimum Gasteiger partial charge on any atom is -0.491 e. The number of fused-ring (bicyclic) bond motifs is 1. The van der Waals surface area contributed by atoms with Gasteiger partial charge in [0.1, 0.15) is 11.8 Å². The monoisotopic (exact) mass is 506 g/mol. The second kappa shape index (κ2) is 10.3. The highest BCUT2D eigenvalue weighted by Crippen LogP contribution is 2.36. The Labute approximate surface area is 211 Å². The van der Waals surface area contributed by atoms with Gasteiger partial charge in [-0.3, -0.25) is 9.36 Å².